The monoisotopic (exact) mass is 453 g/mol. The van der Waals surface area contributed by atoms with E-state index in [1.807, 2.05) is 24.3 Å². The molecule has 0 spiro atoms. The fraction of sp³-hybridized carbons (Fsp3) is 0. The molecule has 0 aliphatic heterocycles. The summed E-state index contributed by atoms with van der Waals surface area (Å²) in [5.41, 5.74) is 6.15. The summed E-state index contributed by atoms with van der Waals surface area (Å²) >= 11 is 1.72. The van der Waals surface area contributed by atoms with Crippen LogP contribution in [0.1, 0.15) is 16.0 Å². The minimum absolute atomic E-state index is 0.557. The van der Waals surface area contributed by atoms with Crippen molar-refractivity contribution in [2.24, 2.45) is 0 Å². The van der Waals surface area contributed by atoms with E-state index in [-0.39, 0.29) is 0 Å². The normalized spacial score (nSPS) is 10.8. The van der Waals surface area contributed by atoms with E-state index >= 15 is 0 Å². The zero-order valence-electron chi connectivity index (χ0n) is 18.4. The van der Waals surface area contributed by atoms with Gasteiger partial charge in [-0.1, -0.05) is 60.7 Å². The van der Waals surface area contributed by atoms with E-state index in [0.29, 0.717) is 5.56 Å². The topological polar surface area (TPSA) is 27.0 Å². The Labute approximate surface area is 204 Å². The van der Waals surface area contributed by atoms with Crippen molar-refractivity contribution in [3.63, 3.8) is 0 Å². The van der Waals surface area contributed by atoms with Gasteiger partial charge >= 0.3 is 0 Å². The van der Waals surface area contributed by atoms with Gasteiger partial charge < -0.3 is 4.90 Å². The first-order valence-electron chi connectivity index (χ1n) is 11.0. The van der Waals surface area contributed by atoms with Crippen molar-refractivity contribution < 1.29 is 0 Å². The summed E-state index contributed by atoms with van der Waals surface area (Å²) in [6.45, 7) is 0. The molecule has 0 amide bonds. The quantitative estimate of drug-likeness (QED) is 0.257. The zero-order chi connectivity index (χ0) is 23.2. The predicted octanol–water partition coefficient (Wildman–Crippen LogP) is 8.73. The Balaban J connectivity index is 1.36. The van der Waals surface area contributed by atoms with Gasteiger partial charge in [-0.3, -0.25) is 0 Å². The SMILES string of the molecule is N#Cc1[c]cc(-c2ccc(C=Cc3ccc(N(c4ccccc4)c4ccccc4)cc3)s2)cc1. The molecular weight excluding hydrogens is 432 g/mol. The Morgan fingerprint density at radius 1 is 0.676 bits per heavy atom. The lowest BCUT2D eigenvalue weighted by Gasteiger charge is -2.25. The minimum Gasteiger partial charge on any atom is -0.311 e. The Hall–Kier alpha value is -4.39. The number of anilines is 3. The zero-order valence-corrected chi connectivity index (χ0v) is 19.2. The molecule has 34 heavy (non-hydrogen) atoms. The van der Waals surface area contributed by atoms with Crippen molar-refractivity contribution in [1.29, 1.82) is 5.26 Å². The van der Waals surface area contributed by atoms with Crippen LogP contribution in [0.5, 0.6) is 0 Å². The van der Waals surface area contributed by atoms with Gasteiger partial charge in [-0.2, -0.15) is 5.26 Å². The van der Waals surface area contributed by atoms with E-state index in [1.54, 1.807) is 17.4 Å². The number of nitrogens with zero attached hydrogens (tertiary/aromatic N) is 2. The number of hydrogen-bond donors (Lipinski definition) is 0. The third-order valence-corrected chi connectivity index (χ3v) is 6.56. The van der Waals surface area contributed by atoms with Gasteiger partial charge in [0.15, 0.2) is 0 Å². The van der Waals surface area contributed by atoms with Gasteiger partial charge in [0.1, 0.15) is 0 Å². The Bertz CT molecular complexity index is 1390. The maximum Gasteiger partial charge on any atom is 0.0998 e. The van der Waals surface area contributed by atoms with E-state index in [1.165, 1.54) is 4.88 Å². The predicted molar refractivity (Wildman–Crippen MR) is 143 cm³/mol. The van der Waals surface area contributed by atoms with E-state index in [9.17, 15) is 0 Å². The maximum atomic E-state index is 8.95. The molecule has 5 aromatic rings. The molecule has 0 aliphatic carbocycles. The van der Waals surface area contributed by atoms with Crippen LogP contribution in [-0.2, 0) is 0 Å². The molecule has 1 radical (unpaired) electrons. The second-order valence-electron chi connectivity index (χ2n) is 7.74. The van der Waals surface area contributed by atoms with Crippen molar-refractivity contribution in [3.8, 4) is 16.5 Å². The summed E-state index contributed by atoms with van der Waals surface area (Å²) in [6, 6.07) is 44.5. The van der Waals surface area contributed by atoms with E-state index in [0.717, 1.165) is 33.1 Å². The molecule has 161 valence electrons. The Kier molecular flexibility index (Phi) is 6.34. The van der Waals surface area contributed by atoms with E-state index in [2.05, 4.69) is 114 Å². The molecule has 5 rings (SSSR count). The van der Waals surface area contributed by atoms with E-state index in [4.69, 9.17) is 5.26 Å². The van der Waals surface area contributed by atoms with Crippen LogP contribution in [-0.4, -0.2) is 0 Å². The first kappa shape index (κ1) is 21.5. The molecule has 0 fully saturated rings. The molecule has 0 aliphatic rings. The standard InChI is InChI=1S/C31H21N2S/c32-23-25-11-16-26(17-12-25)31-22-21-30(34-31)20-15-24-13-18-29(19-14-24)33(27-7-3-1-4-8-27)28-9-5-2-6-10-28/h1-11,13-22H. The Morgan fingerprint density at radius 2 is 1.32 bits per heavy atom. The molecule has 1 aromatic heterocycles. The summed E-state index contributed by atoms with van der Waals surface area (Å²) < 4.78 is 0. The second-order valence-corrected chi connectivity index (χ2v) is 8.85. The molecule has 1 heterocycles. The van der Waals surface area contributed by atoms with Gasteiger partial charge in [0, 0.05) is 32.9 Å². The number of hydrogen-bond acceptors (Lipinski definition) is 3. The van der Waals surface area contributed by atoms with Crippen LogP contribution in [0.2, 0.25) is 0 Å². The molecule has 0 bridgehead atoms. The summed E-state index contributed by atoms with van der Waals surface area (Å²) in [5.74, 6) is 0. The minimum atomic E-state index is 0.557. The van der Waals surface area contributed by atoms with Crippen molar-refractivity contribution in [2.45, 2.75) is 0 Å². The van der Waals surface area contributed by atoms with Crippen molar-refractivity contribution in [1.82, 2.24) is 0 Å². The number of rotatable bonds is 6. The van der Waals surface area contributed by atoms with Gasteiger partial charge in [0.25, 0.3) is 0 Å². The third kappa shape index (κ3) is 4.83. The van der Waals surface area contributed by atoms with Crippen LogP contribution in [0.15, 0.2) is 115 Å². The fourth-order valence-electron chi connectivity index (χ4n) is 3.76. The second kappa shape index (κ2) is 10.0. The number of thiophene rings is 1. The lowest BCUT2D eigenvalue weighted by atomic mass is 10.1. The third-order valence-electron chi connectivity index (χ3n) is 5.46. The fourth-order valence-corrected chi connectivity index (χ4v) is 4.67. The highest BCUT2D eigenvalue weighted by atomic mass is 32.1. The average molecular weight is 454 g/mol. The van der Waals surface area contributed by atoms with Gasteiger partial charge in [0.2, 0.25) is 0 Å². The smallest absolute Gasteiger partial charge is 0.0998 e. The Morgan fingerprint density at radius 3 is 1.91 bits per heavy atom. The number of para-hydroxylation sites is 2. The summed E-state index contributed by atoms with van der Waals surface area (Å²) in [6.07, 6.45) is 4.28. The van der Waals surface area contributed by atoms with Crippen molar-refractivity contribution in [3.05, 3.63) is 137 Å². The van der Waals surface area contributed by atoms with Gasteiger partial charge in [-0.05, 0) is 77.9 Å². The highest BCUT2D eigenvalue weighted by molar-refractivity contribution is 7.16. The van der Waals surface area contributed by atoms with Gasteiger partial charge in [-0.15, -0.1) is 11.3 Å². The van der Waals surface area contributed by atoms with Crippen LogP contribution in [0.25, 0.3) is 22.6 Å². The highest BCUT2D eigenvalue weighted by Crippen LogP contribution is 2.34. The lowest BCUT2D eigenvalue weighted by molar-refractivity contribution is 1.28. The molecular formula is C31H21N2S. The first-order chi connectivity index (χ1) is 16.8. The number of benzene rings is 4. The summed E-state index contributed by atoms with van der Waals surface area (Å²) in [4.78, 5) is 4.60. The van der Waals surface area contributed by atoms with Crippen LogP contribution in [0.3, 0.4) is 0 Å². The van der Waals surface area contributed by atoms with E-state index < -0.39 is 0 Å². The highest BCUT2D eigenvalue weighted by Gasteiger charge is 2.11. The lowest BCUT2D eigenvalue weighted by Crippen LogP contribution is -2.09. The number of nitriles is 1. The van der Waals surface area contributed by atoms with Crippen LogP contribution in [0.4, 0.5) is 17.1 Å². The molecule has 4 aromatic carbocycles. The largest absolute Gasteiger partial charge is 0.311 e. The molecule has 3 heteroatoms. The summed E-state index contributed by atoms with van der Waals surface area (Å²) in [5, 5.41) is 8.95. The van der Waals surface area contributed by atoms with Crippen LogP contribution in [0, 0.1) is 17.4 Å². The van der Waals surface area contributed by atoms with Gasteiger partial charge in [-0.25, -0.2) is 0 Å². The summed E-state index contributed by atoms with van der Waals surface area (Å²) in [7, 11) is 0. The van der Waals surface area contributed by atoms with Crippen molar-refractivity contribution >= 4 is 40.6 Å². The molecule has 0 unspecified atom stereocenters. The van der Waals surface area contributed by atoms with Gasteiger partial charge in [0.05, 0.1) is 11.6 Å². The molecule has 0 N–H and O–H groups in total. The maximum absolute atomic E-state index is 8.95. The van der Waals surface area contributed by atoms with Crippen molar-refractivity contribution in [2.75, 3.05) is 4.90 Å². The van der Waals surface area contributed by atoms with Crippen LogP contribution >= 0.6 is 11.3 Å². The van der Waals surface area contributed by atoms with Crippen LogP contribution < -0.4 is 4.90 Å². The molecule has 0 saturated carbocycles. The average Bonchev–Trinajstić information content (AvgIpc) is 3.39. The molecule has 0 atom stereocenters. The molecule has 0 saturated heterocycles. The molecule has 2 nitrogen and oxygen atoms in total. The first-order valence-corrected chi connectivity index (χ1v) is 11.8.